The maximum absolute atomic E-state index is 12.4. The maximum atomic E-state index is 12.4. The molecule has 5 heteroatoms. The molecule has 0 spiro atoms. The van der Waals surface area contributed by atoms with Crippen LogP contribution in [0.25, 0.3) is 0 Å². The van der Waals surface area contributed by atoms with Crippen molar-refractivity contribution in [3.05, 3.63) is 64.9 Å². The smallest absolute Gasteiger partial charge is 0.224 e. The Bertz CT molecular complexity index is 660. The van der Waals surface area contributed by atoms with E-state index in [4.69, 9.17) is 11.6 Å². The quantitative estimate of drug-likeness (QED) is 0.906. The van der Waals surface area contributed by atoms with Crippen molar-refractivity contribution in [2.75, 3.05) is 13.1 Å². The molecule has 1 saturated heterocycles. The minimum atomic E-state index is 0.0581. The summed E-state index contributed by atoms with van der Waals surface area (Å²) in [6, 6.07) is 11.8. The first-order valence-electron chi connectivity index (χ1n) is 8.34. The number of pyridine rings is 1. The van der Waals surface area contributed by atoms with Gasteiger partial charge in [-0.2, -0.15) is 0 Å². The summed E-state index contributed by atoms with van der Waals surface area (Å²) < 4.78 is 0. The Labute approximate surface area is 147 Å². The van der Waals surface area contributed by atoms with Crippen LogP contribution in [0.2, 0.25) is 5.02 Å². The first-order chi connectivity index (χ1) is 11.7. The molecular formula is C19H22ClN3O. The van der Waals surface area contributed by atoms with Crippen LogP contribution in [0.5, 0.6) is 0 Å². The van der Waals surface area contributed by atoms with E-state index in [1.165, 1.54) is 5.56 Å². The van der Waals surface area contributed by atoms with E-state index in [0.717, 1.165) is 43.1 Å². The molecule has 0 bridgehead atoms. The topological polar surface area (TPSA) is 45.2 Å². The van der Waals surface area contributed by atoms with Gasteiger partial charge < -0.3 is 5.32 Å². The number of amides is 1. The number of carbonyl (C=O) groups excluding carboxylic acids is 1. The van der Waals surface area contributed by atoms with Crippen molar-refractivity contribution in [2.45, 2.75) is 25.9 Å². The van der Waals surface area contributed by atoms with Gasteiger partial charge in [0.25, 0.3) is 0 Å². The third-order valence-corrected chi connectivity index (χ3v) is 4.64. The van der Waals surface area contributed by atoms with Crippen LogP contribution in [0.3, 0.4) is 0 Å². The highest BCUT2D eigenvalue weighted by molar-refractivity contribution is 6.30. The summed E-state index contributed by atoms with van der Waals surface area (Å²) in [5.41, 5.74) is 2.26. The number of halogens is 1. The fourth-order valence-corrected chi connectivity index (χ4v) is 3.22. The molecule has 1 N–H and O–H groups in total. The molecule has 1 aliphatic rings. The monoisotopic (exact) mass is 343 g/mol. The normalized spacial score (nSPS) is 18.3. The number of carbonyl (C=O) groups is 1. The van der Waals surface area contributed by atoms with Gasteiger partial charge in [-0.25, -0.2) is 0 Å². The number of benzene rings is 1. The van der Waals surface area contributed by atoms with Crippen molar-refractivity contribution in [3.8, 4) is 0 Å². The molecule has 126 valence electrons. The van der Waals surface area contributed by atoms with Crippen LogP contribution >= 0.6 is 11.6 Å². The molecule has 1 aromatic carbocycles. The van der Waals surface area contributed by atoms with E-state index in [9.17, 15) is 4.79 Å². The van der Waals surface area contributed by atoms with Crippen molar-refractivity contribution in [2.24, 2.45) is 5.92 Å². The Morgan fingerprint density at radius 2 is 2.08 bits per heavy atom. The minimum absolute atomic E-state index is 0.0581. The van der Waals surface area contributed by atoms with Gasteiger partial charge in [0.2, 0.25) is 5.91 Å². The van der Waals surface area contributed by atoms with Crippen LogP contribution in [0.1, 0.15) is 24.0 Å². The van der Waals surface area contributed by atoms with Crippen molar-refractivity contribution in [1.82, 2.24) is 15.2 Å². The van der Waals surface area contributed by atoms with Gasteiger partial charge in [0.05, 0.1) is 5.92 Å². The molecule has 2 heterocycles. The summed E-state index contributed by atoms with van der Waals surface area (Å²) in [6.45, 7) is 3.25. The standard InChI is InChI=1S/C19H22ClN3O/c20-18-7-5-15(6-8-18)13-23-10-2-4-17(14-23)19(24)22-12-16-3-1-9-21-11-16/h1,3,5-9,11,17H,2,4,10,12-14H2,(H,22,24)/t17-/m1/s1. The first-order valence-corrected chi connectivity index (χ1v) is 8.72. The highest BCUT2D eigenvalue weighted by Gasteiger charge is 2.25. The first kappa shape index (κ1) is 16.9. The van der Waals surface area contributed by atoms with Gasteiger partial charge in [0, 0.05) is 37.1 Å². The number of likely N-dealkylation sites (tertiary alicyclic amines) is 1. The SMILES string of the molecule is O=C(NCc1cccnc1)[C@@H]1CCCN(Cc2ccc(Cl)cc2)C1. The van der Waals surface area contributed by atoms with Gasteiger partial charge in [-0.05, 0) is 48.7 Å². The lowest BCUT2D eigenvalue weighted by Crippen LogP contribution is -2.42. The number of piperidine rings is 1. The molecule has 0 aliphatic carbocycles. The molecule has 24 heavy (non-hydrogen) atoms. The molecule has 2 aromatic rings. The Balaban J connectivity index is 1.51. The van der Waals surface area contributed by atoms with Crippen LogP contribution < -0.4 is 5.32 Å². The van der Waals surface area contributed by atoms with Gasteiger partial charge in [-0.15, -0.1) is 0 Å². The number of nitrogens with one attached hydrogen (secondary N) is 1. The molecule has 0 saturated carbocycles. The number of hydrogen-bond donors (Lipinski definition) is 1. The summed E-state index contributed by atoms with van der Waals surface area (Å²) in [7, 11) is 0. The van der Waals surface area contributed by atoms with Gasteiger partial charge in [-0.1, -0.05) is 29.8 Å². The molecule has 4 nitrogen and oxygen atoms in total. The lowest BCUT2D eigenvalue weighted by atomic mass is 9.96. The minimum Gasteiger partial charge on any atom is -0.352 e. The summed E-state index contributed by atoms with van der Waals surface area (Å²) in [5.74, 6) is 0.197. The summed E-state index contributed by atoms with van der Waals surface area (Å²) in [6.07, 6.45) is 5.53. The second-order valence-corrected chi connectivity index (χ2v) is 6.72. The van der Waals surface area contributed by atoms with E-state index in [1.54, 1.807) is 12.4 Å². The predicted octanol–water partition coefficient (Wildman–Crippen LogP) is 3.26. The fourth-order valence-electron chi connectivity index (χ4n) is 3.10. The number of hydrogen-bond acceptors (Lipinski definition) is 3. The predicted molar refractivity (Wildman–Crippen MR) is 95.5 cm³/mol. The molecule has 1 fully saturated rings. The third kappa shape index (κ3) is 4.79. The fraction of sp³-hybridized carbons (Fsp3) is 0.368. The summed E-state index contributed by atoms with van der Waals surface area (Å²) in [5, 5.41) is 3.79. The molecule has 0 unspecified atom stereocenters. The molecule has 1 aliphatic heterocycles. The average molecular weight is 344 g/mol. The zero-order valence-corrected chi connectivity index (χ0v) is 14.4. The number of nitrogens with zero attached hydrogens (tertiary/aromatic N) is 2. The highest BCUT2D eigenvalue weighted by Crippen LogP contribution is 2.19. The van der Waals surface area contributed by atoms with E-state index in [-0.39, 0.29) is 11.8 Å². The van der Waals surface area contributed by atoms with Crippen molar-refractivity contribution >= 4 is 17.5 Å². The maximum Gasteiger partial charge on any atom is 0.224 e. The van der Waals surface area contributed by atoms with Crippen LogP contribution in [-0.4, -0.2) is 28.9 Å². The lowest BCUT2D eigenvalue weighted by molar-refractivity contribution is -0.126. The second kappa shape index (κ2) is 8.27. The van der Waals surface area contributed by atoms with Gasteiger partial charge in [0.1, 0.15) is 0 Å². The van der Waals surface area contributed by atoms with Gasteiger partial charge in [-0.3, -0.25) is 14.7 Å². The van der Waals surface area contributed by atoms with E-state index < -0.39 is 0 Å². The lowest BCUT2D eigenvalue weighted by Gasteiger charge is -2.32. The van der Waals surface area contributed by atoms with Crippen LogP contribution in [-0.2, 0) is 17.9 Å². The molecular weight excluding hydrogens is 322 g/mol. The zero-order valence-electron chi connectivity index (χ0n) is 13.6. The Morgan fingerprint density at radius 3 is 2.83 bits per heavy atom. The Hall–Kier alpha value is -1.91. The largest absolute Gasteiger partial charge is 0.352 e. The van der Waals surface area contributed by atoms with Crippen molar-refractivity contribution < 1.29 is 4.79 Å². The summed E-state index contributed by atoms with van der Waals surface area (Å²) in [4.78, 5) is 18.9. The third-order valence-electron chi connectivity index (χ3n) is 4.39. The highest BCUT2D eigenvalue weighted by atomic mass is 35.5. The number of aromatic nitrogens is 1. The molecule has 1 aromatic heterocycles. The van der Waals surface area contributed by atoms with Crippen molar-refractivity contribution in [3.63, 3.8) is 0 Å². The van der Waals surface area contributed by atoms with Gasteiger partial charge >= 0.3 is 0 Å². The van der Waals surface area contributed by atoms with Gasteiger partial charge in [0.15, 0.2) is 0 Å². The van der Waals surface area contributed by atoms with E-state index >= 15 is 0 Å². The van der Waals surface area contributed by atoms with E-state index in [0.29, 0.717) is 6.54 Å². The van der Waals surface area contributed by atoms with E-state index in [2.05, 4.69) is 27.3 Å². The van der Waals surface area contributed by atoms with E-state index in [1.807, 2.05) is 24.3 Å². The number of rotatable bonds is 5. The molecule has 0 radical (unpaired) electrons. The van der Waals surface area contributed by atoms with Crippen LogP contribution in [0.15, 0.2) is 48.8 Å². The van der Waals surface area contributed by atoms with Crippen molar-refractivity contribution in [1.29, 1.82) is 0 Å². The molecule has 1 amide bonds. The zero-order chi connectivity index (χ0) is 16.8. The molecule has 1 atom stereocenters. The van der Waals surface area contributed by atoms with Crippen LogP contribution in [0, 0.1) is 5.92 Å². The summed E-state index contributed by atoms with van der Waals surface area (Å²) >= 11 is 5.93. The Kier molecular flexibility index (Phi) is 5.83. The van der Waals surface area contributed by atoms with Crippen LogP contribution in [0.4, 0.5) is 0 Å². The average Bonchev–Trinajstić information content (AvgIpc) is 2.63. The second-order valence-electron chi connectivity index (χ2n) is 6.28. The molecule has 3 rings (SSSR count). The Morgan fingerprint density at radius 1 is 1.25 bits per heavy atom.